The molecular weight excluding hydrogens is 306 g/mol. The van der Waals surface area contributed by atoms with E-state index < -0.39 is 0 Å². The molecule has 0 spiro atoms. The molecule has 0 unspecified atom stereocenters. The van der Waals surface area contributed by atoms with E-state index >= 15 is 0 Å². The first kappa shape index (κ1) is 17.6. The minimum Gasteiger partial charge on any atom is -0.392 e. The van der Waals surface area contributed by atoms with Gasteiger partial charge in [-0.25, -0.2) is 0 Å². The molecule has 0 radical (unpaired) electrons. The highest BCUT2D eigenvalue weighted by Crippen LogP contribution is 2.13. The predicted octanol–water partition coefficient (Wildman–Crippen LogP) is 3.08. The summed E-state index contributed by atoms with van der Waals surface area (Å²) in [4.78, 5) is 11.8. The number of hydrogen-bond acceptors (Lipinski definition) is 3. The zero-order valence-electron chi connectivity index (χ0n) is 13.4. The van der Waals surface area contributed by atoms with Crippen molar-refractivity contribution in [2.24, 2.45) is 0 Å². The van der Waals surface area contributed by atoms with Crippen LogP contribution in [-0.4, -0.2) is 23.3 Å². The molecule has 2 aromatic carbocycles. The van der Waals surface area contributed by atoms with Crippen molar-refractivity contribution in [3.8, 4) is 0 Å². The first-order valence-electron chi connectivity index (χ1n) is 7.76. The molecule has 0 fully saturated rings. The smallest absolute Gasteiger partial charge is 0.230 e. The third-order valence-corrected chi connectivity index (χ3v) is 4.69. The van der Waals surface area contributed by atoms with Crippen molar-refractivity contribution < 1.29 is 9.90 Å². The van der Waals surface area contributed by atoms with Gasteiger partial charge >= 0.3 is 0 Å². The van der Waals surface area contributed by atoms with Gasteiger partial charge in [0.1, 0.15) is 0 Å². The Morgan fingerprint density at radius 2 is 1.78 bits per heavy atom. The van der Waals surface area contributed by atoms with Gasteiger partial charge in [-0.1, -0.05) is 48.5 Å². The van der Waals surface area contributed by atoms with Gasteiger partial charge in [-0.3, -0.25) is 4.79 Å². The monoisotopic (exact) mass is 329 g/mol. The molecule has 0 aliphatic heterocycles. The molecule has 0 aromatic heterocycles. The molecule has 0 aliphatic carbocycles. The molecule has 0 saturated carbocycles. The van der Waals surface area contributed by atoms with Crippen LogP contribution in [0.5, 0.6) is 0 Å². The maximum Gasteiger partial charge on any atom is 0.230 e. The molecule has 2 rings (SSSR count). The Morgan fingerprint density at radius 3 is 2.48 bits per heavy atom. The van der Waals surface area contributed by atoms with E-state index in [9.17, 15) is 4.79 Å². The second-order valence-electron chi connectivity index (χ2n) is 5.49. The van der Waals surface area contributed by atoms with Crippen LogP contribution in [0.1, 0.15) is 22.3 Å². The van der Waals surface area contributed by atoms with Crippen LogP contribution in [0.25, 0.3) is 0 Å². The number of nitrogens with one attached hydrogen (secondary N) is 1. The second kappa shape index (κ2) is 9.38. The Hall–Kier alpha value is -1.78. The number of carbonyl (C=O) groups is 1. The molecule has 4 heteroatoms. The molecule has 0 saturated heterocycles. The van der Waals surface area contributed by atoms with E-state index in [0.29, 0.717) is 12.3 Å². The number of aliphatic hydroxyl groups excluding tert-OH is 1. The van der Waals surface area contributed by atoms with Gasteiger partial charge in [0.15, 0.2) is 0 Å². The maximum absolute atomic E-state index is 11.8. The molecule has 23 heavy (non-hydrogen) atoms. The first-order valence-corrected chi connectivity index (χ1v) is 8.92. The number of carbonyl (C=O) groups excluding carboxylic acids is 1. The highest BCUT2D eigenvalue weighted by atomic mass is 32.2. The number of aliphatic hydroxyl groups is 1. The number of benzene rings is 2. The van der Waals surface area contributed by atoms with Gasteiger partial charge in [0.05, 0.1) is 12.4 Å². The van der Waals surface area contributed by atoms with Gasteiger partial charge in [0, 0.05) is 12.3 Å². The van der Waals surface area contributed by atoms with Crippen LogP contribution < -0.4 is 5.32 Å². The van der Waals surface area contributed by atoms with Crippen molar-refractivity contribution in [1.82, 2.24) is 5.32 Å². The lowest BCUT2D eigenvalue weighted by atomic mass is 10.1. The molecule has 0 bridgehead atoms. The molecule has 2 N–H and O–H groups in total. The molecular formula is C19H23NO2S. The highest BCUT2D eigenvalue weighted by Gasteiger charge is 2.03. The fourth-order valence-electron chi connectivity index (χ4n) is 2.28. The minimum atomic E-state index is 0.0662. The van der Waals surface area contributed by atoms with Gasteiger partial charge in [-0.2, -0.15) is 0 Å². The predicted molar refractivity (Wildman–Crippen MR) is 96.4 cm³/mol. The van der Waals surface area contributed by atoms with Crippen molar-refractivity contribution in [2.45, 2.75) is 25.7 Å². The lowest BCUT2D eigenvalue weighted by Gasteiger charge is -2.07. The van der Waals surface area contributed by atoms with Crippen LogP contribution in [0.4, 0.5) is 0 Å². The van der Waals surface area contributed by atoms with Crippen molar-refractivity contribution in [3.63, 3.8) is 0 Å². The summed E-state index contributed by atoms with van der Waals surface area (Å²) in [5, 5.41) is 12.0. The van der Waals surface area contributed by atoms with Crippen LogP contribution in [-0.2, 0) is 23.6 Å². The van der Waals surface area contributed by atoms with Gasteiger partial charge in [0.2, 0.25) is 5.91 Å². The molecule has 0 atom stereocenters. The summed E-state index contributed by atoms with van der Waals surface area (Å²) in [5.41, 5.74) is 4.62. The number of amides is 1. The SMILES string of the molecule is Cc1ccccc1CCNC(=O)CSCc1ccc(CO)cc1. The molecule has 3 nitrogen and oxygen atoms in total. The normalized spacial score (nSPS) is 10.5. The fraction of sp³-hybridized carbons (Fsp3) is 0.316. The van der Waals surface area contributed by atoms with E-state index in [1.54, 1.807) is 11.8 Å². The van der Waals surface area contributed by atoms with E-state index in [-0.39, 0.29) is 12.5 Å². The molecule has 0 aliphatic rings. The number of rotatable bonds is 8. The number of thioether (sulfide) groups is 1. The Morgan fingerprint density at radius 1 is 1.09 bits per heavy atom. The van der Waals surface area contributed by atoms with Gasteiger partial charge in [0.25, 0.3) is 0 Å². The molecule has 122 valence electrons. The van der Waals surface area contributed by atoms with E-state index in [4.69, 9.17) is 5.11 Å². The molecule has 1 amide bonds. The average molecular weight is 329 g/mol. The van der Waals surface area contributed by atoms with Crippen LogP contribution in [0, 0.1) is 6.92 Å². The lowest BCUT2D eigenvalue weighted by Crippen LogP contribution is -2.27. The summed E-state index contributed by atoms with van der Waals surface area (Å²) >= 11 is 1.60. The van der Waals surface area contributed by atoms with Crippen molar-refractivity contribution in [3.05, 3.63) is 70.8 Å². The van der Waals surface area contributed by atoms with E-state index in [0.717, 1.165) is 17.7 Å². The van der Waals surface area contributed by atoms with Crippen LogP contribution in [0.2, 0.25) is 0 Å². The van der Waals surface area contributed by atoms with E-state index in [1.165, 1.54) is 16.7 Å². The summed E-state index contributed by atoms with van der Waals surface area (Å²) in [7, 11) is 0. The van der Waals surface area contributed by atoms with Crippen molar-refractivity contribution in [1.29, 1.82) is 0 Å². The highest BCUT2D eigenvalue weighted by molar-refractivity contribution is 7.99. The Kier molecular flexibility index (Phi) is 7.17. The topological polar surface area (TPSA) is 49.3 Å². The van der Waals surface area contributed by atoms with Crippen molar-refractivity contribution >= 4 is 17.7 Å². The fourth-order valence-corrected chi connectivity index (χ4v) is 3.10. The van der Waals surface area contributed by atoms with Gasteiger partial charge in [-0.15, -0.1) is 11.8 Å². The third kappa shape index (κ3) is 6.08. The zero-order valence-corrected chi connectivity index (χ0v) is 14.2. The Balaban J connectivity index is 1.64. The first-order chi connectivity index (χ1) is 11.2. The summed E-state index contributed by atoms with van der Waals surface area (Å²) in [6, 6.07) is 16.1. The van der Waals surface area contributed by atoms with Crippen LogP contribution in [0.3, 0.4) is 0 Å². The van der Waals surface area contributed by atoms with E-state index in [2.05, 4.69) is 24.4 Å². The number of aryl methyl sites for hydroxylation is 1. The number of hydrogen-bond donors (Lipinski definition) is 2. The largest absolute Gasteiger partial charge is 0.392 e. The lowest BCUT2D eigenvalue weighted by molar-refractivity contribution is -0.118. The Bertz CT molecular complexity index is 626. The summed E-state index contributed by atoms with van der Waals surface area (Å²) < 4.78 is 0. The third-order valence-electron chi connectivity index (χ3n) is 3.69. The zero-order chi connectivity index (χ0) is 16.5. The van der Waals surface area contributed by atoms with Crippen LogP contribution >= 0.6 is 11.8 Å². The average Bonchev–Trinajstić information content (AvgIpc) is 2.57. The minimum absolute atomic E-state index is 0.0662. The van der Waals surface area contributed by atoms with Gasteiger partial charge < -0.3 is 10.4 Å². The molecule has 2 aromatic rings. The Labute approximate surface area is 142 Å². The summed E-state index contributed by atoms with van der Waals surface area (Å²) in [5.74, 6) is 1.35. The molecule has 0 heterocycles. The summed E-state index contributed by atoms with van der Waals surface area (Å²) in [6.45, 7) is 2.83. The summed E-state index contributed by atoms with van der Waals surface area (Å²) in [6.07, 6.45) is 0.867. The van der Waals surface area contributed by atoms with Crippen LogP contribution in [0.15, 0.2) is 48.5 Å². The quantitative estimate of drug-likeness (QED) is 0.782. The standard InChI is InChI=1S/C19H23NO2S/c1-15-4-2-3-5-18(15)10-11-20-19(22)14-23-13-17-8-6-16(12-21)7-9-17/h2-9,21H,10-14H2,1H3,(H,20,22). The van der Waals surface area contributed by atoms with Crippen molar-refractivity contribution in [2.75, 3.05) is 12.3 Å². The second-order valence-corrected chi connectivity index (χ2v) is 6.48. The maximum atomic E-state index is 11.8. The van der Waals surface area contributed by atoms with Gasteiger partial charge in [-0.05, 0) is 35.6 Å². The van der Waals surface area contributed by atoms with E-state index in [1.807, 2.05) is 36.4 Å².